The van der Waals surface area contributed by atoms with Crippen LogP contribution in [0.1, 0.15) is 77.6 Å². The molecule has 3 rings (SSSR count). The van der Waals surface area contributed by atoms with Crippen LogP contribution in [-0.2, 0) is 4.79 Å². The molecule has 0 aromatic carbocycles. The molecule has 1 atom stereocenters. The standard InChI is InChI=1S/C21H38N2O3/c1-16-2-6-19(7-3-16)21(24)15-22-12-10-18(11-13-22)14-17-4-8-20(9-5-17)23(25)26/h16-20,23,25H,2-15H2,1H3/p+1. The largest absolute Gasteiger partial charge is 0.600 e. The van der Waals surface area contributed by atoms with E-state index in [0.717, 1.165) is 75.9 Å². The van der Waals surface area contributed by atoms with Gasteiger partial charge in [0.25, 0.3) is 0 Å². The van der Waals surface area contributed by atoms with Gasteiger partial charge >= 0.3 is 0 Å². The van der Waals surface area contributed by atoms with Crippen molar-refractivity contribution in [1.82, 2.24) is 0 Å². The predicted octanol–water partition coefficient (Wildman–Crippen LogP) is 1.40. The molecular weight excluding hydrogens is 328 g/mol. The number of ketones is 1. The van der Waals surface area contributed by atoms with Crippen LogP contribution in [0.5, 0.6) is 0 Å². The number of likely N-dealkylation sites (tertiary alicyclic amines) is 1. The third kappa shape index (κ3) is 5.75. The molecule has 1 heterocycles. The first-order valence-electron chi connectivity index (χ1n) is 11.1. The maximum atomic E-state index is 12.6. The summed E-state index contributed by atoms with van der Waals surface area (Å²) in [6, 6.07) is -0.0914. The van der Waals surface area contributed by atoms with Crippen LogP contribution in [0.2, 0.25) is 0 Å². The van der Waals surface area contributed by atoms with Gasteiger partial charge in [0.1, 0.15) is 12.6 Å². The van der Waals surface area contributed by atoms with E-state index in [0.29, 0.717) is 11.7 Å². The highest BCUT2D eigenvalue weighted by molar-refractivity contribution is 5.81. The van der Waals surface area contributed by atoms with E-state index in [4.69, 9.17) is 5.21 Å². The van der Waals surface area contributed by atoms with E-state index in [1.54, 1.807) is 0 Å². The molecule has 1 aliphatic heterocycles. The Bertz CT molecular complexity index is 433. The first-order valence-corrected chi connectivity index (χ1v) is 11.1. The van der Waals surface area contributed by atoms with Gasteiger partial charge in [-0.25, -0.2) is 10.4 Å². The Balaban J connectivity index is 1.32. The number of nitrogens with one attached hydrogen (secondary N) is 2. The summed E-state index contributed by atoms with van der Waals surface area (Å²) < 4.78 is 0. The Hall–Kier alpha value is -0.490. The molecule has 5 heteroatoms. The van der Waals surface area contributed by atoms with E-state index >= 15 is 0 Å². The van der Waals surface area contributed by atoms with Gasteiger partial charge in [0.05, 0.1) is 13.1 Å². The Morgan fingerprint density at radius 2 is 1.54 bits per heavy atom. The fourth-order valence-corrected chi connectivity index (χ4v) is 5.59. The lowest BCUT2D eigenvalue weighted by atomic mass is 9.78. The molecule has 0 aromatic heterocycles. The van der Waals surface area contributed by atoms with E-state index in [2.05, 4.69) is 6.92 Å². The van der Waals surface area contributed by atoms with Crippen LogP contribution in [0.4, 0.5) is 0 Å². The normalized spacial score (nSPS) is 40.1. The maximum Gasteiger partial charge on any atom is 0.189 e. The van der Waals surface area contributed by atoms with Crippen LogP contribution in [0, 0.1) is 28.9 Å². The number of carbonyl (C=O) groups is 1. The van der Waals surface area contributed by atoms with Crippen LogP contribution in [0.25, 0.3) is 0 Å². The van der Waals surface area contributed by atoms with Crippen LogP contribution >= 0.6 is 0 Å². The smallest absolute Gasteiger partial charge is 0.189 e. The van der Waals surface area contributed by atoms with E-state index in [1.165, 1.54) is 37.0 Å². The summed E-state index contributed by atoms with van der Waals surface area (Å²) in [7, 11) is 0. The van der Waals surface area contributed by atoms with Crippen molar-refractivity contribution in [2.45, 2.75) is 83.6 Å². The lowest BCUT2D eigenvalue weighted by Crippen LogP contribution is -3.14. The molecule has 5 nitrogen and oxygen atoms in total. The highest BCUT2D eigenvalue weighted by atomic mass is 16.8. The molecule has 2 saturated carbocycles. The van der Waals surface area contributed by atoms with E-state index in [1.807, 2.05) is 0 Å². The van der Waals surface area contributed by atoms with Crippen molar-refractivity contribution in [2.24, 2.45) is 23.7 Å². The SMILES string of the molecule is CC1CCC(C(=O)C[NH+]2CCC(CC3CCC([NH+]([O-])O)CC3)CC2)CC1. The van der Waals surface area contributed by atoms with Crippen molar-refractivity contribution in [3.05, 3.63) is 5.21 Å². The molecule has 0 amide bonds. The van der Waals surface area contributed by atoms with Crippen LogP contribution in [0.3, 0.4) is 0 Å². The predicted molar refractivity (Wildman–Crippen MR) is 101 cm³/mol. The molecule has 0 aromatic rings. The molecule has 150 valence electrons. The molecule has 2 aliphatic carbocycles. The molecule has 0 spiro atoms. The monoisotopic (exact) mass is 367 g/mol. The summed E-state index contributed by atoms with van der Waals surface area (Å²) in [6.45, 7) is 5.38. The van der Waals surface area contributed by atoms with Gasteiger partial charge in [0.2, 0.25) is 0 Å². The summed E-state index contributed by atoms with van der Waals surface area (Å²) >= 11 is 0. The van der Waals surface area contributed by atoms with E-state index in [-0.39, 0.29) is 6.04 Å². The molecule has 3 aliphatic rings. The molecule has 0 radical (unpaired) electrons. The summed E-state index contributed by atoms with van der Waals surface area (Å²) in [5, 5.41) is 19.6. The van der Waals surface area contributed by atoms with Gasteiger partial charge in [-0.15, -0.1) is 0 Å². The molecule has 26 heavy (non-hydrogen) atoms. The Labute approximate surface area is 158 Å². The Kier molecular flexibility index (Phi) is 7.50. The number of hydrogen-bond acceptors (Lipinski definition) is 3. The van der Waals surface area contributed by atoms with Crippen molar-refractivity contribution < 1.29 is 20.1 Å². The zero-order valence-corrected chi connectivity index (χ0v) is 16.5. The second kappa shape index (κ2) is 9.63. The van der Waals surface area contributed by atoms with Crippen LogP contribution in [0.15, 0.2) is 0 Å². The zero-order chi connectivity index (χ0) is 18.5. The fraction of sp³-hybridized carbons (Fsp3) is 0.952. The number of Topliss-reactive ketones (excluding diaryl/α,β-unsaturated/α-hetero) is 1. The molecule has 0 bridgehead atoms. The van der Waals surface area contributed by atoms with Crippen molar-refractivity contribution in [3.63, 3.8) is 0 Å². The summed E-state index contributed by atoms with van der Waals surface area (Å²) in [4.78, 5) is 14.1. The number of quaternary nitrogens is 2. The lowest BCUT2D eigenvalue weighted by molar-refractivity contribution is -1.07. The first kappa shape index (κ1) is 20.2. The number of hydrogen-bond donors (Lipinski definition) is 3. The number of hydroxylamine groups is 2. The Morgan fingerprint density at radius 3 is 2.12 bits per heavy atom. The van der Waals surface area contributed by atoms with Gasteiger partial charge in [-0.1, -0.05) is 19.8 Å². The molecule has 1 unspecified atom stereocenters. The third-order valence-electron chi connectivity index (χ3n) is 7.57. The van der Waals surface area contributed by atoms with Crippen molar-refractivity contribution >= 4 is 5.78 Å². The summed E-state index contributed by atoms with van der Waals surface area (Å²) in [5.74, 6) is 3.23. The molecule has 1 saturated heterocycles. The van der Waals surface area contributed by atoms with Crippen molar-refractivity contribution in [3.8, 4) is 0 Å². The van der Waals surface area contributed by atoms with E-state index in [9.17, 15) is 10.0 Å². The second-order valence-electron chi connectivity index (χ2n) is 9.58. The minimum atomic E-state index is -0.600. The zero-order valence-electron chi connectivity index (χ0n) is 16.5. The van der Waals surface area contributed by atoms with E-state index < -0.39 is 5.23 Å². The second-order valence-corrected chi connectivity index (χ2v) is 9.58. The number of carbonyl (C=O) groups excluding carboxylic acids is 1. The van der Waals surface area contributed by atoms with Crippen LogP contribution < -0.4 is 10.1 Å². The van der Waals surface area contributed by atoms with Gasteiger partial charge in [-0.2, -0.15) is 0 Å². The topological polar surface area (TPSA) is 69.2 Å². The number of piperidine rings is 1. The van der Waals surface area contributed by atoms with Gasteiger partial charge in [-0.3, -0.25) is 4.79 Å². The van der Waals surface area contributed by atoms with Gasteiger partial charge in [0.15, 0.2) is 5.78 Å². The average molecular weight is 368 g/mol. The highest BCUT2D eigenvalue weighted by Crippen LogP contribution is 2.31. The number of rotatable bonds is 6. The average Bonchev–Trinajstić information content (AvgIpc) is 2.64. The van der Waals surface area contributed by atoms with Crippen molar-refractivity contribution in [2.75, 3.05) is 19.6 Å². The highest BCUT2D eigenvalue weighted by Gasteiger charge is 2.31. The minimum absolute atomic E-state index is 0.0914. The van der Waals surface area contributed by atoms with Gasteiger partial charge < -0.3 is 10.1 Å². The molecule has 3 fully saturated rings. The molecule has 3 N–H and O–H groups in total. The molecular formula is C21H39N2O3+. The minimum Gasteiger partial charge on any atom is -0.600 e. The van der Waals surface area contributed by atoms with Crippen molar-refractivity contribution in [1.29, 1.82) is 0 Å². The first-order chi connectivity index (χ1) is 12.5. The third-order valence-corrected chi connectivity index (χ3v) is 7.57. The lowest BCUT2D eigenvalue weighted by Gasteiger charge is -2.35. The van der Waals surface area contributed by atoms with Gasteiger partial charge in [-0.05, 0) is 62.7 Å². The summed E-state index contributed by atoms with van der Waals surface area (Å²) in [6.07, 6.45) is 12.4. The fourth-order valence-electron chi connectivity index (χ4n) is 5.59. The van der Waals surface area contributed by atoms with Crippen LogP contribution in [-0.4, -0.2) is 36.7 Å². The maximum absolute atomic E-state index is 12.6. The Morgan fingerprint density at radius 1 is 0.962 bits per heavy atom. The summed E-state index contributed by atoms with van der Waals surface area (Å²) in [5.41, 5.74) is 0. The quantitative estimate of drug-likeness (QED) is 0.622. The van der Waals surface area contributed by atoms with Gasteiger partial charge in [0, 0.05) is 18.8 Å².